The third kappa shape index (κ3) is 3.12. The second kappa shape index (κ2) is 7.19. The van der Waals surface area contributed by atoms with Gasteiger partial charge in [0.1, 0.15) is 6.10 Å². The van der Waals surface area contributed by atoms with Gasteiger partial charge in [0.25, 0.3) is 0 Å². The Morgan fingerprint density at radius 2 is 2.17 bits per heavy atom. The number of rotatable bonds is 4. The minimum absolute atomic E-state index is 0.0485. The van der Waals surface area contributed by atoms with Gasteiger partial charge in [0.15, 0.2) is 0 Å². The molecule has 0 radical (unpaired) electrons. The maximum atomic E-state index is 6.55. The minimum Gasteiger partial charge on any atom is -0.365 e. The van der Waals surface area contributed by atoms with Crippen LogP contribution in [0.4, 0.5) is 5.95 Å². The van der Waals surface area contributed by atoms with E-state index in [1.54, 1.807) is 17.5 Å². The second-order valence-electron chi connectivity index (χ2n) is 7.40. The summed E-state index contributed by atoms with van der Waals surface area (Å²) < 4.78 is 9.56. The van der Waals surface area contributed by atoms with Crippen LogP contribution < -0.4 is 4.90 Å². The number of fused-ring (bicyclic) bond motifs is 2. The zero-order valence-electron chi connectivity index (χ0n) is 16.0. The Labute approximate surface area is 176 Å². The Hall–Kier alpha value is -3.30. The topological polar surface area (TPSA) is 84.8 Å². The molecule has 1 aliphatic rings. The van der Waals surface area contributed by atoms with Gasteiger partial charge in [-0.05, 0) is 29.1 Å². The van der Waals surface area contributed by atoms with Crippen LogP contribution in [-0.4, -0.2) is 49.1 Å². The molecule has 2 atom stereocenters. The fraction of sp³-hybridized carbons (Fsp3) is 0.238. The van der Waals surface area contributed by atoms with Gasteiger partial charge in [-0.15, -0.1) is 11.3 Å². The van der Waals surface area contributed by atoms with Crippen LogP contribution >= 0.6 is 11.3 Å². The van der Waals surface area contributed by atoms with E-state index in [1.165, 1.54) is 0 Å². The van der Waals surface area contributed by atoms with Crippen molar-refractivity contribution < 1.29 is 4.74 Å². The molecular formula is C21H19N7OS. The molecule has 0 bridgehead atoms. The minimum atomic E-state index is -0.123. The highest BCUT2D eigenvalue weighted by Crippen LogP contribution is 2.32. The van der Waals surface area contributed by atoms with Gasteiger partial charge in [0, 0.05) is 24.3 Å². The lowest BCUT2D eigenvalue weighted by atomic mass is 10.0. The van der Waals surface area contributed by atoms with Gasteiger partial charge in [0.05, 0.1) is 47.3 Å². The average Bonchev–Trinajstić information content (AvgIpc) is 3.53. The maximum Gasteiger partial charge on any atom is 0.226 e. The summed E-state index contributed by atoms with van der Waals surface area (Å²) in [5.74, 6) is 0.735. The van der Waals surface area contributed by atoms with Crippen molar-refractivity contribution in [1.29, 1.82) is 0 Å². The molecule has 1 aliphatic heterocycles. The number of hydrogen-bond donors (Lipinski definition) is 1. The van der Waals surface area contributed by atoms with Crippen molar-refractivity contribution in [3.8, 4) is 0 Å². The fourth-order valence-electron chi connectivity index (χ4n) is 4.07. The number of benzene rings is 1. The van der Waals surface area contributed by atoms with E-state index >= 15 is 0 Å². The number of thiophene rings is 1. The number of nitrogens with one attached hydrogen (secondary N) is 1. The zero-order chi connectivity index (χ0) is 19.9. The zero-order valence-corrected chi connectivity index (χ0v) is 16.9. The Kier molecular flexibility index (Phi) is 4.21. The lowest BCUT2D eigenvalue weighted by Crippen LogP contribution is -2.46. The maximum absolute atomic E-state index is 6.55. The Balaban J connectivity index is 1.37. The second-order valence-corrected chi connectivity index (χ2v) is 8.35. The summed E-state index contributed by atoms with van der Waals surface area (Å²) in [6.07, 6.45) is 7.35. The van der Waals surface area contributed by atoms with E-state index in [4.69, 9.17) is 9.72 Å². The van der Waals surface area contributed by atoms with E-state index in [1.807, 2.05) is 52.9 Å². The number of ether oxygens (including phenoxy) is 1. The summed E-state index contributed by atoms with van der Waals surface area (Å²) >= 11 is 1.66. The molecule has 5 heterocycles. The molecule has 0 spiro atoms. The number of anilines is 1. The van der Waals surface area contributed by atoms with Crippen LogP contribution in [0.5, 0.6) is 0 Å². The molecule has 8 nitrogen and oxygen atoms in total. The Morgan fingerprint density at radius 1 is 1.17 bits per heavy atom. The third-order valence-electron chi connectivity index (χ3n) is 5.46. The molecule has 5 aromatic rings. The lowest BCUT2D eigenvalue weighted by molar-refractivity contribution is -0.0366. The summed E-state index contributed by atoms with van der Waals surface area (Å²) in [6.45, 7) is 2.05. The van der Waals surface area contributed by atoms with Crippen LogP contribution in [0.15, 0.2) is 60.5 Å². The van der Waals surface area contributed by atoms with Gasteiger partial charge >= 0.3 is 0 Å². The molecule has 2 unspecified atom stereocenters. The molecule has 30 heavy (non-hydrogen) atoms. The van der Waals surface area contributed by atoms with E-state index in [2.05, 4.69) is 31.2 Å². The normalized spacial score (nSPS) is 19.7. The van der Waals surface area contributed by atoms with Crippen molar-refractivity contribution in [1.82, 2.24) is 29.9 Å². The molecule has 150 valence electrons. The monoisotopic (exact) mass is 417 g/mol. The van der Waals surface area contributed by atoms with Crippen LogP contribution in [-0.2, 0) is 11.3 Å². The molecule has 1 aromatic carbocycles. The molecule has 6 rings (SSSR count). The van der Waals surface area contributed by atoms with Gasteiger partial charge in [-0.2, -0.15) is 10.2 Å². The van der Waals surface area contributed by atoms with Gasteiger partial charge in [-0.1, -0.05) is 12.1 Å². The lowest BCUT2D eigenvalue weighted by Gasteiger charge is -2.38. The van der Waals surface area contributed by atoms with E-state index in [0.717, 1.165) is 32.6 Å². The predicted octanol–water partition coefficient (Wildman–Crippen LogP) is 3.41. The number of morpholine rings is 1. The largest absolute Gasteiger partial charge is 0.365 e. The first kappa shape index (κ1) is 17.5. The van der Waals surface area contributed by atoms with Crippen molar-refractivity contribution in [2.24, 2.45) is 0 Å². The summed E-state index contributed by atoms with van der Waals surface area (Å²) in [7, 11) is 0. The van der Waals surface area contributed by atoms with E-state index < -0.39 is 0 Å². The SMILES string of the molecule is c1cc(C2CN(c3ncc4sccc4n3)CC(Cn3cccn3)O2)c2cn[nH]c2c1. The van der Waals surface area contributed by atoms with Crippen LogP contribution in [0, 0.1) is 0 Å². The van der Waals surface area contributed by atoms with Crippen molar-refractivity contribution in [2.75, 3.05) is 18.0 Å². The van der Waals surface area contributed by atoms with Crippen LogP contribution in [0.3, 0.4) is 0 Å². The molecule has 9 heteroatoms. The van der Waals surface area contributed by atoms with Crippen molar-refractivity contribution in [3.63, 3.8) is 0 Å². The van der Waals surface area contributed by atoms with Gasteiger partial charge in [0.2, 0.25) is 5.95 Å². The summed E-state index contributed by atoms with van der Waals surface area (Å²) in [4.78, 5) is 11.7. The van der Waals surface area contributed by atoms with Crippen molar-refractivity contribution in [3.05, 3.63) is 66.1 Å². The Morgan fingerprint density at radius 3 is 3.10 bits per heavy atom. The van der Waals surface area contributed by atoms with Gasteiger partial charge in [-0.3, -0.25) is 9.78 Å². The number of nitrogens with zero attached hydrogens (tertiary/aromatic N) is 6. The molecule has 4 aromatic heterocycles. The standard InChI is InChI=1S/C21H19N7OS/c1-3-15(16-9-23-26-17(16)4-1)19-13-27(11-14(29-19)12-28-7-2-6-24-28)21-22-10-20-18(25-21)5-8-30-20/h1-10,14,19H,11-13H2,(H,23,26). The molecule has 0 aliphatic carbocycles. The van der Waals surface area contributed by atoms with Crippen LogP contribution in [0.1, 0.15) is 11.7 Å². The average molecular weight is 417 g/mol. The smallest absolute Gasteiger partial charge is 0.226 e. The first-order chi connectivity index (χ1) is 14.8. The molecule has 1 saturated heterocycles. The predicted molar refractivity (Wildman–Crippen MR) is 116 cm³/mol. The van der Waals surface area contributed by atoms with E-state index in [0.29, 0.717) is 19.6 Å². The molecule has 1 fully saturated rings. The highest BCUT2D eigenvalue weighted by atomic mass is 32.1. The van der Waals surface area contributed by atoms with E-state index in [-0.39, 0.29) is 12.2 Å². The number of H-pyrrole nitrogens is 1. The highest BCUT2D eigenvalue weighted by Gasteiger charge is 2.32. The van der Waals surface area contributed by atoms with Crippen molar-refractivity contribution in [2.45, 2.75) is 18.8 Å². The number of aromatic amines is 1. The van der Waals surface area contributed by atoms with Crippen LogP contribution in [0.25, 0.3) is 21.1 Å². The molecule has 0 amide bonds. The fourth-order valence-corrected chi connectivity index (χ4v) is 4.76. The summed E-state index contributed by atoms with van der Waals surface area (Å²) in [6, 6.07) is 10.1. The van der Waals surface area contributed by atoms with Crippen LogP contribution in [0.2, 0.25) is 0 Å². The molecule has 0 saturated carbocycles. The van der Waals surface area contributed by atoms with E-state index in [9.17, 15) is 0 Å². The summed E-state index contributed by atoms with van der Waals surface area (Å²) in [5, 5.41) is 14.7. The Bertz CT molecular complexity index is 1300. The first-order valence-corrected chi connectivity index (χ1v) is 10.7. The summed E-state index contributed by atoms with van der Waals surface area (Å²) in [5.41, 5.74) is 3.11. The van der Waals surface area contributed by atoms with Gasteiger partial charge < -0.3 is 9.64 Å². The van der Waals surface area contributed by atoms with Gasteiger partial charge in [-0.25, -0.2) is 9.97 Å². The highest BCUT2D eigenvalue weighted by molar-refractivity contribution is 7.17. The molecular weight excluding hydrogens is 398 g/mol. The third-order valence-corrected chi connectivity index (χ3v) is 6.30. The van der Waals surface area contributed by atoms with Crippen molar-refractivity contribution >= 4 is 38.4 Å². The molecule has 1 N–H and O–H groups in total. The number of aromatic nitrogens is 6. The first-order valence-electron chi connectivity index (χ1n) is 9.83. The number of hydrogen-bond acceptors (Lipinski definition) is 7. The quantitative estimate of drug-likeness (QED) is 0.482.